The third-order valence-corrected chi connectivity index (χ3v) is 9.45. The first-order valence-electron chi connectivity index (χ1n) is 12.0. The molecule has 6 bridgehead atoms. The van der Waals surface area contributed by atoms with Crippen molar-refractivity contribution >= 4 is 11.9 Å². The molecule has 7 rings (SSSR count). The fraction of sp³-hybridized carbons (Fsp3) is 0.917. The zero-order valence-electron chi connectivity index (χ0n) is 17.6. The van der Waals surface area contributed by atoms with Crippen molar-refractivity contribution in [3.05, 3.63) is 0 Å². The number of rotatable bonds is 4. The van der Waals surface area contributed by atoms with Gasteiger partial charge in [-0.05, 0) is 94.8 Å². The summed E-state index contributed by atoms with van der Waals surface area (Å²) in [6, 6.07) is 0. The summed E-state index contributed by atoms with van der Waals surface area (Å²) in [5.41, 5.74) is -0.614. The molecule has 0 radical (unpaired) electrons. The van der Waals surface area contributed by atoms with Crippen LogP contribution in [0, 0.1) is 29.1 Å². The van der Waals surface area contributed by atoms with Crippen LogP contribution < -0.4 is 0 Å². The van der Waals surface area contributed by atoms with Gasteiger partial charge >= 0.3 is 11.9 Å². The maximum atomic E-state index is 13.8. The first-order valence-corrected chi connectivity index (χ1v) is 12.0. The summed E-state index contributed by atoms with van der Waals surface area (Å²) in [5, 5.41) is 0. The third kappa shape index (κ3) is 2.82. The Balaban J connectivity index is 1.23. The van der Waals surface area contributed by atoms with Gasteiger partial charge in [-0.2, -0.15) is 0 Å². The average molecular weight is 403 g/mol. The lowest BCUT2D eigenvalue weighted by atomic mass is 9.48. The summed E-state index contributed by atoms with van der Waals surface area (Å²) in [7, 11) is 0. The Morgan fingerprint density at radius 3 is 2.28 bits per heavy atom. The van der Waals surface area contributed by atoms with E-state index in [0.717, 1.165) is 70.6 Å². The SMILES string of the molecule is CC(=O)OC1C2CC3CC1CC(C(=O)OC1(C4CC5CCC4O5)CCCC1)(C3)C2. The van der Waals surface area contributed by atoms with E-state index in [0.29, 0.717) is 35.9 Å². The van der Waals surface area contributed by atoms with E-state index < -0.39 is 0 Å². The van der Waals surface area contributed by atoms with Crippen LogP contribution >= 0.6 is 0 Å². The summed E-state index contributed by atoms with van der Waals surface area (Å²) >= 11 is 0. The van der Waals surface area contributed by atoms with Gasteiger partial charge in [0, 0.05) is 12.8 Å². The lowest BCUT2D eigenvalue weighted by Crippen LogP contribution is -2.59. The maximum absolute atomic E-state index is 13.8. The number of hydrogen-bond donors (Lipinski definition) is 0. The summed E-state index contributed by atoms with van der Waals surface area (Å²) in [6.07, 6.45) is 13.3. The molecule has 160 valence electrons. The van der Waals surface area contributed by atoms with Crippen LogP contribution in [0.1, 0.15) is 84.0 Å². The number of esters is 2. The summed E-state index contributed by atoms with van der Waals surface area (Å²) < 4.78 is 18.5. The van der Waals surface area contributed by atoms with Gasteiger partial charge < -0.3 is 14.2 Å². The molecule has 0 amide bonds. The topological polar surface area (TPSA) is 61.8 Å². The molecule has 0 aromatic rings. The minimum Gasteiger partial charge on any atom is -0.462 e. The van der Waals surface area contributed by atoms with E-state index in [1.807, 2.05) is 0 Å². The maximum Gasteiger partial charge on any atom is 0.312 e. The summed E-state index contributed by atoms with van der Waals surface area (Å²) in [5.74, 6) is 1.56. The lowest BCUT2D eigenvalue weighted by molar-refractivity contribution is -0.208. The minimum absolute atomic E-state index is 0.0179. The van der Waals surface area contributed by atoms with Crippen LogP contribution in [0.15, 0.2) is 0 Å². The Hall–Kier alpha value is -1.10. The first-order chi connectivity index (χ1) is 14.0. The second-order valence-electron chi connectivity index (χ2n) is 11.2. The number of ether oxygens (including phenoxy) is 3. The fourth-order valence-electron chi connectivity index (χ4n) is 8.62. The number of carbonyl (C=O) groups excluding carboxylic acids is 2. The second kappa shape index (κ2) is 6.45. The highest BCUT2D eigenvalue weighted by Crippen LogP contribution is 2.62. The average Bonchev–Trinajstić information content (AvgIpc) is 3.41. The van der Waals surface area contributed by atoms with Crippen LogP contribution in [0.4, 0.5) is 0 Å². The number of fused-ring (bicyclic) bond motifs is 2. The molecule has 0 spiro atoms. The predicted molar refractivity (Wildman–Crippen MR) is 105 cm³/mol. The summed E-state index contributed by atoms with van der Waals surface area (Å²) in [6.45, 7) is 1.51. The van der Waals surface area contributed by atoms with Crippen molar-refractivity contribution in [1.82, 2.24) is 0 Å². The molecule has 2 heterocycles. The fourth-order valence-corrected chi connectivity index (χ4v) is 8.62. The van der Waals surface area contributed by atoms with Crippen molar-refractivity contribution in [3.8, 4) is 0 Å². The molecular formula is C24H34O5. The van der Waals surface area contributed by atoms with Gasteiger partial charge in [0.05, 0.1) is 17.6 Å². The Bertz CT molecular complexity index is 694. The Labute approximate surface area is 173 Å². The van der Waals surface area contributed by atoms with Crippen molar-refractivity contribution in [2.45, 2.75) is 108 Å². The number of hydrogen-bond acceptors (Lipinski definition) is 5. The molecule has 5 aliphatic carbocycles. The van der Waals surface area contributed by atoms with Gasteiger partial charge in [0.15, 0.2) is 0 Å². The van der Waals surface area contributed by atoms with E-state index in [1.54, 1.807) is 0 Å². The molecule has 0 aromatic carbocycles. The van der Waals surface area contributed by atoms with Gasteiger partial charge in [0.25, 0.3) is 0 Å². The molecule has 0 N–H and O–H groups in total. The van der Waals surface area contributed by atoms with Crippen molar-refractivity contribution in [2.24, 2.45) is 29.1 Å². The van der Waals surface area contributed by atoms with Gasteiger partial charge in [0.1, 0.15) is 11.7 Å². The van der Waals surface area contributed by atoms with Crippen molar-refractivity contribution in [1.29, 1.82) is 0 Å². The van der Waals surface area contributed by atoms with E-state index in [4.69, 9.17) is 14.2 Å². The molecule has 5 saturated carbocycles. The molecule has 7 fully saturated rings. The minimum atomic E-state index is -0.332. The van der Waals surface area contributed by atoms with Gasteiger partial charge in [-0.15, -0.1) is 0 Å². The third-order valence-electron chi connectivity index (χ3n) is 9.45. The highest BCUT2D eigenvalue weighted by atomic mass is 16.6. The molecule has 0 aromatic heterocycles. The van der Waals surface area contributed by atoms with Crippen LogP contribution in [-0.4, -0.2) is 35.9 Å². The Morgan fingerprint density at radius 2 is 1.69 bits per heavy atom. The van der Waals surface area contributed by atoms with Crippen molar-refractivity contribution in [2.75, 3.05) is 0 Å². The van der Waals surface area contributed by atoms with E-state index in [2.05, 4.69) is 0 Å². The standard InChI is InChI=1S/C24H34O5/c1-14(25)27-21-16-8-15-9-17(21)13-23(11-15,12-16)22(26)29-24(6-2-3-7-24)19-10-18-4-5-20(19)28-18/h15-21H,2-13H2,1H3. The first kappa shape index (κ1) is 18.7. The predicted octanol–water partition coefficient (Wildman–Crippen LogP) is 4.17. The Kier molecular flexibility index (Phi) is 4.15. The van der Waals surface area contributed by atoms with E-state index >= 15 is 0 Å². The van der Waals surface area contributed by atoms with Crippen LogP contribution in [0.25, 0.3) is 0 Å². The van der Waals surface area contributed by atoms with Gasteiger partial charge in [-0.25, -0.2) is 0 Å². The Morgan fingerprint density at radius 1 is 0.966 bits per heavy atom. The van der Waals surface area contributed by atoms with E-state index in [9.17, 15) is 9.59 Å². The zero-order valence-corrected chi connectivity index (χ0v) is 17.6. The number of carbonyl (C=O) groups is 2. The zero-order chi connectivity index (χ0) is 19.8. The molecule has 7 aliphatic rings. The van der Waals surface area contributed by atoms with Crippen molar-refractivity contribution in [3.63, 3.8) is 0 Å². The lowest BCUT2D eigenvalue weighted by Gasteiger charge is -2.58. The molecule has 2 saturated heterocycles. The quantitative estimate of drug-likeness (QED) is 0.661. The molecule has 29 heavy (non-hydrogen) atoms. The molecule has 5 nitrogen and oxygen atoms in total. The molecule has 2 aliphatic heterocycles. The van der Waals surface area contributed by atoms with Crippen LogP contribution in [0.2, 0.25) is 0 Å². The summed E-state index contributed by atoms with van der Waals surface area (Å²) in [4.78, 5) is 25.4. The highest BCUT2D eigenvalue weighted by molar-refractivity contribution is 5.78. The molecule has 5 atom stereocenters. The van der Waals surface area contributed by atoms with Crippen LogP contribution in [-0.2, 0) is 23.8 Å². The molecular weight excluding hydrogens is 368 g/mol. The molecule has 5 unspecified atom stereocenters. The van der Waals surface area contributed by atoms with Gasteiger partial charge in [-0.3, -0.25) is 9.59 Å². The molecule has 5 heteroatoms. The van der Waals surface area contributed by atoms with Gasteiger partial charge in [0.2, 0.25) is 0 Å². The normalized spacial score (nSPS) is 48.8. The highest BCUT2D eigenvalue weighted by Gasteiger charge is 2.62. The second-order valence-corrected chi connectivity index (χ2v) is 11.2. The van der Waals surface area contributed by atoms with Crippen LogP contribution in [0.5, 0.6) is 0 Å². The van der Waals surface area contributed by atoms with Gasteiger partial charge in [-0.1, -0.05) is 0 Å². The largest absolute Gasteiger partial charge is 0.462 e. The smallest absolute Gasteiger partial charge is 0.312 e. The van der Waals surface area contributed by atoms with Crippen LogP contribution in [0.3, 0.4) is 0 Å². The van der Waals surface area contributed by atoms with E-state index in [1.165, 1.54) is 13.3 Å². The van der Waals surface area contributed by atoms with Crippen molar-refractivity contribution < 1.29 is 23.8 Å². The monoisotopic (exact) mass is 402 g/mol. The van der Waals surface area contributed by atoms with E-state index in [-0.39, 0.29) is 29.1 Å².